The van der Waals surface area contributed by atoms with Crippen LogP contribution in [0.15, 0.2) is 41.9 Å². The van der Waals surface area contributed by atoms with E-state index in [1.165, 1.54) is 5.56 Å². The van der Waals surface area contributed by atoms with Gasteiger partial charge in [0.1, 0.15) is 5.75 Å². The van der Waals surface area contributed by atoms with Gasteiger partial charge in [-0.05, 0) is 41.6 Å². The zero-order valence-corrected chi connectivity index (χ0v) is 13.2. The van der Waals surface area contributed by atoms with Crippen LogP contribution in [0, 0.1) is 0 Å². The zero-order chi connectivity index (χ0) is 15.4. The summed E-state index contributed by atoms with van der Waals surface area (Å²) in [4.78, 5) is 16.2. The molecule has 0 saturated carbocycles. The van der Waals surface area contributed by atoms with Crippen LogP contribution >= 0.6 is 11.3 Å². The third kappa shape index (κ3) is 3.31. The first-order valence-electron chi connectivity index (χ1n) is 7.19. The molecule has 2 heterocycles. The molecule has 3 rings (SSSR count). The van der Waals surface area contributed by atoms with Crippen molar-refractivity contribution in [1.29, 1.82) is 0 Å². The van der Waals surface area contributed by atoms with Gasteiger partial charge < -0.3 is 15.0 Å². The monoisotopic (exact) mass is 314 g/mol. The lowest BCUT2D eigenvalue weighted by atomic mass is 10.1. The lowest BCUT2D eigenvalue weighted by Gasteiger charge is -2.04. The lowest BCUT2D eigenvalue weighted by Crippen LogP contribution is -2.26. The first-order chi connectivity index (χ1) is 10.8. The topological polar surface area (TPSA) is 54.1 Å². The van der Waals surface area contributed by atoms with E-state index in [0.29, 0.717) is 13.0 Å². The third-order valence-electron chi connectivity index (χ3n) is 3.61. The van der Waals surface area contributed by atoms with Gasteiger partial charge in [-0.2, -0.15) is 0 Å². The fourth-order valence-electron chi connectivity index (χ4n) is 2.46. The van der Waals surface area contributed by atoms with E-state index in [-0.39, 0.29) is 5.91 Å². The van der Waals surface area contributed by atoms with Crippen molar-refractivity contribution in [2.24, 2.45) is 0 Å². The van der Waals surface area contributed by atoms with Gasteiger partial charge in [-0.1, -0.05) is 6.07 Å². The van der Waals surface area contributed by atoms with Gasteiger partial charge >= 0.3 is 0 Å². The fraction of sp³-hybridized carbons (Fsp3) is 0.235. The Labute approximate surface area is 133 Å². The Morgan fingerprint density at radius 2 is 2.27 bits per heavy atom. The molecule has 0 aliphatic rings. The van der Waals surface area contributed by atoms with Gasteiger partial charge in [0.2, 0.25) is 5.91 Å². The van der Waals surface area contributed by atoms with Crippen molar-refractivity contribution in [3.8, 4) is 5.75 Å². The molecule has 0 spiro atoms. The van der Waals surface area contributed by atoms with Crippen LogP contribution in [-0.4, -0.2) is 24.5 Å². The highest BCUT2D eigenvalue weighted by Gasteiger charge is 2.07. The molecule has 0 unspecified atom stereocenters. The summed E-state index contributed by atoms with van der Waals surface area (Å²) in [6, 6.07) is 9.91. The van der Waals surface area contributed by atoms with Crippen molar-refractivity contribution in [1.82, 2.24) is 10.3 Å². The molecular weight excluding hydrogens is 296 g/mol. The second kappa shape index (κ2) is 6.66. The van der Waals surface area contributed by atoms with Crippen molar-refractivity contribution < 1.29 is 9.53 Å². The number of hydrogen-bond acceptors (Lipinski definition) is 3. The quantitative estimate of drug-likeness (QED) is 0.734. The van der Waals surface area contributed by atoms with Crippen molar-refractivity contribution in [2.75, 3.05) is 13.7 Å². The Bertz CT molecular complexity index is 762. The Morgan fingerprint density at radius 1 is 1.36 bits per heavy atom. The summed E-state index contributed by atoms with van der Waals surface area (Å²) >= 11 is 1.61. The largest absolute Gasteiger partial charge is 0.497 e. The van der Waals surface area contributed by atoms with E-state index in [9.17, 15) is 4.79 Å². The van der Waals surface area contributed by atoms with E-state index >= 15 is 0 Å². The Morgan fingerprint density at radius 3 is 3.05 bits per heavy atom. The average Bonchev–Trinajstić information content (AvgIpc) is 3.17. The Balaban J connectivity index is 1.58. The summed E-state index contributed by atoms with van der Waals surface area (Å²) in [5, 5.41) is 6.11. The van der Waals surface area contributed by atoms with Gasteiger partial charge in [-0.15, -0.1) is 11.3 Å². The summed E-state index contributed by atoms with van der Waals surface area (Å²) in [6.45, 7) is 0.633. The van der Waals surface area contributed by atoms with Crippen LogP contribution in [0.1, 0.15) is 10.4 Å². The first-order valence-corrected chi connectivity index (χ1v) is 8.07. The SMILES string of the molecule is COc1ccc2[nH]cc(CCNC(=O)Cc3cccs3)c2c1. The normalized spacial score (nSPS) is 10.8. The zero-order valence-electron chi connectivity index (χ0n) is 12.4. The van der Waals surface area contributed by atoms with Crippen LogP contribution in [0.5, 0.6) is 5.75 Å². The van der Waals surface area contributed by atoms with Crippen molar-refractivity contribution in [3.63, 3.8) is 0 Å². The second-order valence-corrected chi connectivity index (χ2v) is 6.11. The van der Waals surface area contributed by atoms with Gasteiger partial charge in [0.15, 0.2) is 0 Å². The van der Waals surface area contributed by atoms with E-state index in [1.807, 2.05) is 41.9 Å². The number of rotatable bonds is 6. The number of nitrogens with one attached hydrogen (secondary N) is 2. The van der Waals surface area contributed by atoms with E-state index < -0.39 is 0 Å². The van der Waals surface area contributed by atoms with Crippen molar-refractivity contribution in [2.45, 2.75) is 12.8 Å². The number of benzene rings is 1. The summed E-state index contributed by atoms with van der Waals surface area (Å²) < 4.78 is 5.27. The third-order valence-corrected chi connectivity index (χ3v) is 4.48. The van der Waals surface area contributed by atoms with Crippen molar-refractivity contribution >= 4 is 28.1 Å². The highest BCUT2D eigenvalue weighted by atomic mass is 32.1. The summed E-state index contributed by atoms with van der Waals surface area (Å²) in [5.41, 5.74) is 2.27. The van der Waals surface area contributed by atoms with E-state index in [1.54, 1.807) is 18.4 Å². The predicted molar refractivity (Wildman–Crippen MR) is 89.6 cm³/mol. The highest BCUT2D eigenvalue weighted by molar-refractivity contribution is 7.10. The molecule has 3 aromatic rings. The molecule has 1 aromatic carbocycles. The molecule has 22 heavy (non-hydrogen) atoms. The minimum absolute atomic E-state index is 0.0693. The Hall–Kier alpha value is -2.27. The number of carbonyl (C=O) groups is 1. The van der Waals surface area contributed by atoms with Crippen LogP contribution in [0.3, 0.4) is 0 Å². The maximum absolute atomic E-state index is 11.9. The molecule has 0 aliphatic heterocycles. The molecule has 0 atom stereocenters. The van der Waals surface area contributed by atoms with Gasteiger partial charge in [0, 0.05) is 28.5 Å². The molecule has 2 aromatic heterocycles. The maximum atomic E-state index is 11.9. The molecule has 0 saturated heterocycles. The minimum Gasteiger partial charge on any atom is -0.497 e. The van der Waals surface area contributed by atoms with Gasteiger partial charge in [-0.3, -0.25) is 4.79 Å². The van der Waals surface area contributed by atoms with E-state index in [0.717, 1.165) is 28.0 Å². The number of amides is 1. The number of fused-ring (bicyclic) bond motifs is 1. The number of aromatic amines is 1. The number of ether oxygens (including phenoxy) is 1. The average molecular weight is 314 g/mol. The number of aromatic nitrogens is 1. The number of methoxy groups -OCH3 is 1. The number of hydrogen-bond donors (Lipinski definition) is 2. The Kier molecular flexibility index (Phi) is 4.44. The molecular formula is C17H18N2O2S. The van der Waals surface area contributed by atoms with Gasteiger partial charge in [0.05, 0.1) is 13.5 Å². The van der Waals surface area contributed by atoms with Gasteiger partial charge in [0.25, 0.3) is 0 Å². The molecule has 0 radical (unpaired) electrons. The van der Waals surface area contributed by atoms with Crippen LogP contribution in [-0.2, 0) is 17.6 Å². The van der Waals surface area contributed by atoms with Crippen LogP contribution in [0.4, 0.5) is 0 Å². The number of H-pyrrole nitrogens is 1. The fourth-order valence-corrected chi connectivity index (χ4v) is 3.17. The number of carbonyl (C=O) groups excluding carboxylic acids is 1. The van der Waals surface area contributed by atoms with E-state index in [4.69, 9.17) is 4.74 Å². The molecule has 0 fully saturated rings. The summed E-state index contributed by atoms with van der Waals surface area (Å²) in [5.74, 6) is 0.912. The highest BCUT2D eigenvalue weighted by Crippen LogP contribution is 2.23. The molecule has 4 nitrogen and oxygen atoms in total. The van der Waals surface area contributed by atoms with Crippen LogP contribution in [0.2, 0.25) is 0 Å². The second-order valence-electron chi connectivity index (χ2n) is 5.08. The first kappa shape index (κ1) is 14.7. The van der Waals surface area contributed by atoms with Crippen molar-refractivity contribution in [3.05, 3.63) is 52.3 Å². The summed E-state index contributed by atoms with van der Waals surface area (Å²) in [6.07, 6.45) is 3.25. The van der Waals surface area contributed by atoms with Crippen LogP contribution in [0.25, 0.3) is 10.9 Å². The smallest absolute Gasteiger partial charge is 0.225 e. The molecule has 2 N–H and O–H groups in total. The molecule has 0 aliphatic carbocycles. The van der Waals surface area contributed by atoms with Gasteiger partial charge in [-0.25, -0.2) is 0 Å². The maximum Gasteiger partial charge on any atom is 0.225 e. The standard InChI is InChI=1S/C17H18N2O2S/c1-21-13-4-5-16-15(9-13)12(11-19-16)6-7-18-17(20)10-14-3-2-8-22-14/h2-5,8-9,11,19H,6-7,10H2,1H3,(H,18,20). The number of thiophene rings is 1. The van der Waals surface area contributed by atoms with Crippen LogP contribution < -0.4 is 10.1 Å². The lowest BCUT2D eigenvalue weighted by molar-refractivity contribution is -0.120. The minimum atomic E-state index is 0.0693. The molecule has 5 heteroatoms. The summed E-state index contributed by atoms with van der Waals surface area (Å²) in [7, 11) is 1.66. The molecule has 0 bridgehead atoms. The van der Waals surface area contributed by atoms with E-state index in [2.05, 4.69) is 10.3 Å². The molecule has 114 valence electrons. The molecule has 1 amide bonds. The predicted octanol–water partition coefficient (Wildman–Crippen LogP) is 3.14.